The topological polar surface area (TPSA) is 85.6 Å². The molecule has 6 nitrogen and oxygen atoms in total. The molecule has 0 spiro atoms. The summed E-state index contributed by atoms with van der Waals surface area (Å²) in [6.45, 7) is 3.85. The molecule has 2 aliphatic rings. The van der Waals surface area contributed by atoms with E-state index in [4.69, 9.17) is 0 Å². The van der Waals surface area contributed by atoms with Crippen LogP contribution in [-0.4, -0.2) is 53.3 Å². The lowest BCUT2D eigenvalue weighted by atomic mass is 9.74. The van der Waals surface area contributed by atoms with Gasteiger partial charge in [0.05, 0.1) is 17.4 Å². The first kappa shape index (κ1) is 31.8. The number of hydrogen-bond acceptors (Lipinski definition) is 4. The summed E-state index contributed by atoms with van der Waals surface area (Å²) in [5.74, 6) is -1.85. The number of rotatable bonds is 7. The minimum atomic E-state index is -4.88. The third kappa shape index (κ3) is 6.53. The molecule has 4 N–H and O–H groups in total. The fraction of sp³-hybridized carbons (Fsp3) is 0.282. The van der Waals surface area contributed by atoms with Crippen LogP contribution >= 0.6 is 0 Å². The summed E-state index contributed by atoms with van der Waals surface area (Å²) in [4.78, 5) is 14.1. The zero-order chi connectivity index (χ0) is 33.2. The first-order chi connectivity index (χ1) is 23.2. The fourth-order valence-electron chi connectivity index (χ4n) is 7.47. The van der Waals surface area contributed by atoms with Gasteiger partial charge in [0.15, 0.2) is 0 Å². The summed E-state index contributed by atoms with van der Waals surface area (Å²) in [6.07, 6.45) is 1.11. The number of hydrogen-bond donors (Lipinski definition) is 4. The van der Waals surface area contributed by atoms with Crippen molar-refractivity contribution < 1.29 is 18.0 Å². The van der Waals surface area contributed by atoms with Gasteiger partial charge in [0.2, 0.25) is 0 Å². The molecule has 4 heterocycles. The minimum absolute atomic E-state index is 0.110. The number of nitrogens with one attached hydrogen (secondary N) is 4. The Morgan fingerprint density at radius 1 is 0.688 bits per heavy atom. The number of carbonyl (C=O) groups is 1. The van der Waals surface area contributed by atoms with E-state index in [1.54, 1.807) is 6.07 Å². The van der Waals surface area contributed by atoms with Gasteiger partial charge in [-0.25, -0.2) is 0 Å². The van der Waals surface area contributed by atoms with Crippen LogP contribution in [0.5, 0.6) is 0 Å². The summed E-state index contributed by atoms with van der Waals surface area (Å²) in [6, 6.07) is 34.6. The Morgan fingerprint density at radius 2 is 1.23 bits per heavy atom. The number of fused-ring (bicyclic) bond motifs is 2. The molecule has 2 atom stereocenters. The van der Waals surface area contributed by atoms with Gasteiger partial charge in [-0.3, -0.25) is 9.89 Å². The smallest absolute Gasteiger partial charge is 0.352 e. The van der Waals surface area contributed by atoms with Gasteiger partial charge in [0.1, 0.15) is 0 Å². The molecule has 2 unspecified atom stereocenters. The number of H-pyrrole nitrogens is 2. The Balaban J connectivity index is 0.000000156. The van der Waals surface area contributed by atoms with E-state index in [0.29, 0.717) is 10.9 Å². The SMILES string of the molecule is O=C(c1cc2cc(C3(Cc4ccccc4)CCNC3)ccc2[nH]1)C(F)(F)F.c1ccc(CC2(c3ccc4[nH]ncc4c3)CCNC2)cc1. The van der Waals surface area contributed by atoms with Gasteiger partial charge in [-0.2, -0.15) is 18.3 Å². The molecular formula is C39H38F3N5O. The molecule has 0 saturated carbocycles. The van der Waals surface area contributed by atoms with Crippen molar-refractivity contribution in [1.82, 2.24) is 25.8 Å². The van der Waals surface area contributed by atoms with Crippen molar-refractivity contribution in [2.24, 2.45) is 0 Å². The number of alkyl halides is 3. The lowest BCUT2D eigenvalue weighted by Crippen LogP contribution is -2.31. The summed E-state index contributed by atoms with van der Waals surface area (Å²) in [5.41, 5.74) is 6.45. The van der Waals surface area contributed by atoms with Crippen LogP contribution in [-0.2, 0) is 23.7 Å². The van der Waals surface area contributed by atoms with Crippen LogP contribution in [0.2, 0.25) is 0 Å². The number of aromatic nitrogens is 3. The number of benzene rings is 4. The van der Waals surface area contributed by atoms with Crippen molar-refractivity contribution in [3.63, 3.8) is 0 Å². The van der Waals surface area contributed by atoms with Crippen LogP contribution in [0.25, 0.3) is 21.8 Å². The van der Waals surface area contributed by atoms with Gasteiger partial charge >= 0.3 is 6.18 Å². The molecule has 2 saturated heterocycles. The summed E-state index contributed by atoms with van der Waals surface area (Å²) in [7, 11) is 0. The van der Waals surface area contributed by atoms with Crippen molar-refractivity contribution in [2.75, 3.05) is 26.2 Å². The predicted molar refractivity (Wildman–Crippen MR) is 183 cm³/mol. The molecule has 2 fully saturated rings. The van der Waals surface area contributed by atoms with E-state index in [-0.39, 0.29) is 10.8 Å². The Kier molecular flexibility index (Phi) is 8.66. The van der Waals surface area contributed by atoms with Gasteiger partial charge < -0.3 is 15.6 Å². The molecule has 0 amide bonds. The number of nitrogens with zero attached hydrogens (tertiary/aromatic N) is 1. The van der Waals surface area contributed by atoms with E-state index < -0.39 is 17.7 Å². The van der Waals surface area contributed by atoms with E-state index in [0.717, 1.165) is 56.5 Å². The van der Waals surface area contributed by atoms with Gasteiger partial charge in [-0.05, 0) is 91.4 Å². The number of carbonyl (C=O) groups excluding carboxylic acids is 1. The maximum Gasteiger partial charge on any atom is 0.456 e. The van der Waals surface area contributed by atoms with Crippen LogP contribution in [0.15, 0.2) is 109 Å². The number of aromatic amines is 2. The van der Waals surface area contributed by atoms with E-state index in [1.165, 1.54) is 34.6 Å². The number of halogens is 3. The van der Waals surface area contributed by atoms with Crippen molar-refractivity contribution >= 4 is 27.6 Å². The van der Waals surface area contributed by atoms with Gasteiger partial charge in [-0.15, -0.1) is 0 Å². The molecule has 0 bridgehead atoms. The van der Waals surface area contributed by atoms with Crippen LogP contribution in [0.1, 0.15) is 45.6 Å². The molecule has 6 aromatic rings. The van der Waals surface area contributed by atoms with Gasteiger partial charge in [-0.1, -0.05) is 72.8 Å². The quantitative estimate of drug-likeness (QED) is 0.136. The van der Waals surface area contributed by atoms with Gasteiger partial charge in [0.25, 0.3) is 5.78 Å². The molecule has 0 radical (unpaired) electrons. The highest BCUT2D eigenvalue weighted by atomic mass is 19.4. The third-order valence-corrected chi connectivity index (χ3v) is 10.0. The first-order valence-corrected chi connectivity index (χ1v) is 16.4. The molecule has 0 aliphatic carbocycles. The summed E-state index contributed by atoms with van der Waals surface area (Å²) < 4.78 is 38.1. The first-order valence-electron chi connectivity index (χ1n) is 16.4. The molecular weight excluding hydrogens is 611 g/mol. The van der Waals surface area contributed by atoms with Crippen molar-refractivity contribution in [3.05, 3.63) is 137 Å². The summed E-state index contributed by atoms with van der Waals surface area (Å²) in [5, 5.41) is 16.0. The third-order valence-electron chi connectivity index (χ3n) is 10.0. The van der Waals surface area contributed by atoms with Crippen LogP contribution < -0.4 is 10.6 Å². The van der Waals surface area contributed by atoms with E-state index >= 15 is 0 Å². The predicted octanol–water partition coefficient (Wildman–Crippen LogP) is 7.42. The largest absolute Gasteiger partial charge is 0.456 e. The lowest BCUT2D eigenvalue weighted by Gasteiger charge is -2.29. The molecule has 9 heteroatoms. The second-order valence-electron chi connectivity index (χ2n) is 13.2. The second-order valence-corrected chi connectivity index (χ2v) is 13.2. The fourth-order valence-corrected chi connectivity index (χ4v) is 7.47. The summed E-state index contributed by atoms with van der Waals surface area (Å²) >= 11 is 0. The normalized spacial score (nSPS) is 21.0. The second kappa shape index (κ2) is 13.1. The molecule has 8 rings (SSSR count). The number of Topliss-reactive ketones (excluding diaryl/α,β-unsaturated/α-hetero) is 1. The van der Waals surface area contributed by atoms with E-state index in [2.05, 4.69) is 86.5 Å². The molecule has 48 heavy (non-hydrogen) atoms. The lowest BCUT2D eigenvalue weighted by molar-refractivity contribution is -0.0887. The molecule has 2 aromatic heterocycles. The van der Waals surface area contributed by atoms with Gasteiger partial charge in [0, 0.05) is 40.2 Å². The highest BCUT2D eigenvalue weighted by Gasteiger charge is 2.41. The maximum atomic E-state index is 12.7. The molecule has 246 valence electrons. The maximum absolute atomic E-state index is 12.7. The Bertz CT molecular complexity index is 2000. The Labute approximate surface area is 277 Å². The zero-order valence-electron chi connectivity index (χ0n) is 26.5. The van der Waals surface area contributed by atoms with E-state index in [1.807, 2.05) is 36.5 Å². The monoisotopic (exact) mass is 649 g/mol. The average molecular weight is 650 g/mol. The standard InChI is InChI=1S/C21H19F3N2O.C18H19N3/c22-21(23,24)19(27)18-11-15-10-16(6-7-17(15)26-18)20(8-9-25-13-20)12-14-4-2-1-3-5-14;1-2-4-14(5-3-1)11-18(8-9-19-13-18)16-6-7-17-15(10-16)12-20-21-17/h1-7,10-11,25-26H,8-9,12-13H2;1-7,10,12,19H,8-9,11,13H2,(H,20,21). The highest BCUT2D eigenvalue weighted by Crippen LogP contribution is 2.37. The van der Waals surface area contributed by atoms with E-state index in [9.17, 15) is 18.0 Å². The van der Waals surface area contributed by atoms with Crippen molar-refractivity contribution in [3.8, 4) is 0 Å². The average Bonchev–Trinajstić information content (AvgIpc) is 3.92. The van der Waals surface area contributed by atoms with Crippen LogP contribution in [0.3, 0.4) is 0 Å². The number of ketones is 1. The zero-order valence-corrected chi connectivity index (χ0v) is 26.5. The van der Waals surface area contributed by atoms with Crippen LogP contribution in [0, 0.1) is 0 Å². The molecule has 2 aliphatic heterocycles. The minimum Gasteiger partial charge on any atom is -0.352 e. The Hall–Kier alpha value is -4.73. The van der Waals surface area contributed by atoms with Crippen LogP contribution in [0.4, 0.5) is 13.2 Å². The Morgan fingerprint density at radius 3 is 1.75 bits per heavy atom. The van der Waals surface area contributed by atoms with Crippen molar-refractivity contribution in [2.45, 2.75) is 42.7 Å². The van der Waals surface area contributed by atoms with Crippen molar-refractivity contribution in [1.29, 1.82) is 0 Å². The molecule has 4 aromatic carbocycles. The highest BCUT2D eigenvalue weighted by molar-refractivity contribution is 6.02.